The summed E-state index contributed by atoms with van der Waals surface area (Å²) in [7, 11) is 1.82. The second-order valence-corrected chi connectivity index (χ2v) is 6.28. The van der Waals surface area contributed by atoms with E-state index in [1.54, 1.807) is 0 Å². The van der Waals surface area contributed by atoms with Crippen LogP contribution in [-0.4, -0.2) is 29.7 Å². The Bertz CT molecular complexity index is 595. The third-order valence-electron chi connectivity index (χ3n) is 3.30. The Balaban J connectivity index is 2.10. The van der Waals surface area contributed by atoms with Crippen molar-refractivity contribution in [3.8, 4) is 0 Å². The summed E-state index contributed by atoms with van der Waals surface area (Å²) in [6, 6.07) is 10.2. The van der Waals surface area contributed by atoms with Crippen LogP contribution in [0, 0.1) is 0 Å². The molecule has 21 heavy (non-hydrogen) atoms. The zero-order chi connectivity index (χ0) is 15.3. The average Bonchev–Trinajstić information content (AvgIpc) is 2.95. The van der Waals surface area contributed by atoms with E-state index in [1.807, 2.05) is 25.2 Å². The van der Waals surface area contributed by atoms with Gasteiger partial charge in [-0.25, -0.2) is 0 Å². The molecule has 2 rings (SSSR count). The Morgan fingerprint density at radius 3 is 2.62 bits per heavy atom. The highest BCUT2D eigenvalue weighted by Gasteiger charge is 2.27. The Morgan fingerprint density at radius 2 is 1.95 bits per heavy atom. The molecule has 5 nitrogen and oxygen atoms in total. The van der Waals surface area contributed by atoms with Gasteiger partial charge < -0.3 is 10.6 Å². The third-order valence-corrected chi connectivity index (χ3v) is 4.47. The second-order valence-electron chi connectivity index (χ2n) is 5.31. The minimum Gasteiger partial charge on any atom is -0.319 e. The van der Waals surface area contributed by atoms with E-state index in [2.05, 4.69) is 46.8 Å². The Labute approximate surface area is 128 Å². The van der Waals surface area contributed by atoms with Crippen LogP contribution in [0.1, 0.15) is 30.8 Å². The fraction of sp³-hybridized carbons (Fsp3) is 0.400. The molecule has 0 saturated heterocycles. The van der Waals surface area contributed by atoms with Crippen LogP contribution in [-0.2, 0) is 10.2 Å². The Morgan fingerprint density at radius 1 is 1.24 bits per heavy atom. The first-order valence-electron chi connectivity index (χ1n) is 6.88. The van der Waals surface area contributed by atoms with E-state index >= 15 is 0 Å². The predicted molar refractivity (Wildman–Crippen MR) is 85.7 cm³/mol. The number of aromatic nitrogens is 2. The van der Waals surface area contributed by atoms with Gasteiger partial charge in [-0.1, -0.05) is 41.7 Å². The Kier molecular flexibility index (Phi) is 5.03. The lowest BCUT2D eigenvalue weighted by Crippen LogP contribution is -2.18. The summed E-state index contributed by atoms with van der Waals surface area (Å²) in [5.41, 5.74) is 0.946. The van der Waals surface area contributed by atoms with E-state index in [1.165, 1.54) is 16.9 Å². The van der Waals surface area contributed by atoms with Crippen LogP contribution in [0.2, 0.25) is 0 Å². The normalized spacial score (nSPS) is 11.4. The quantitative estimate of drug-likeness (QED) is 0.860. The van der Waals surface area contributed by atoms with Crippen molar-refractivity contribution in [1.29, 1.82) is 0 Å². The summed E-state index contributed by atoms with van der Waals surface area (Å²) in [4.78, 5) is 11.7. The van der Waals surface area contributed by atoms with Crippen molar-refractivity contribution in [3.05, 3.63) is 40.9 Å². The maximum absolute atomic E-state index is 11.7. The summed E-state index contributed by atoms with van der Waals surface area (Å²) in [6.45, 7) is 4.86. The number of amides is 1. The van der Waals surface area contributed by atoms with Crippen molar-refractivity contribution in [3.63, 3.8) is 0 Å². The van der Waals surface area contributed by atoms with Crippen LogP contribution in [0.5, 0.6) is 0 Å². The molecule has 112 valence electrons. The van der Waals surface area contributed by atoms with Crippen molar-refractivity contribution in [1.82, 2.24) is 15.5 Å². The summed E-state index contributed by atoms with van der Waals surface area (Å²) in [5.74, 6) is -0.0513. The fourth-order valence-corrected chi connectivity index (χ4v) is 2.81. The zero-order valence-electron chi connectivity index (χ0n) is 12.5. The van der Waals surface area contributed by atoms with Gasteiger partial charge in [0.05, 0.1) is 0 Å². The maximum Gasteiger partial charge on any atom is 0.227 e. The van der Waals surface area contributed by atoms with E-state index in [0.717, 1.165) is 5.01 Å². The molecule has 0 aliphatic carbocycles. The van der Waals surface area contributed by atoms with Crippen LogP contribution in [0.25, 0.3) is 0 Å². The van der Waals surface area contributed by atoms with Gasteiger partial charge in [0.25, 0.3) is 0 Å². The minimum atomic E-state index is -0.229. The predicted octanol–water partition coefficient (Wildman–Crippen LogP) is 2.41. The highest BCUT2D eigenvalue weighted by Crippen LogP contribution is 2.34. The Hall–Kier alpha value is -1.79. The first kappa shape index (κ1) is 15.6. The average molecular weight is 304 g/mol. The topological polar surface area (TPSA) is 66.9 Å². The summed E-state index contributed by atoms with van der Waals surface area (Å²) < 4.78 is 0. The number of hydrogen-bond acceptors (Lipinski definition) is 5. The van der Waals surface area contributed by atoms with Gasteiger partial charge in [-0.2, -0.15) is 0 Å². The van der Waals surface area contributed by atoms with Crippen LogP contribution in [0.15, 0.2) is 30.3 Å². The highest BCUT2D eigenvalue weighted by atomic mass is 32.1. The van der Waals surface area contributed by atoms with Crippen molar-refractivity contribution in [2.45, 2.75) is 25.7 Å². The van der Waals surface area contributed by atoms with Gasteiger partial charge in [0, 0.05) is 18.4 Å². The van der Waals surface area contributed by atoms with E-state index < -0.39 is 0 Å². The third kappa shape index (κ3) is 3.86. The molecule has 1 amide bonds. The molecule has 6 heteroatoms. The van der Waals surface area contributed by atoms with Gasteiger partial charge in [0.2, 0.25) is 11.0 Å². The molecule has 1 aromatic heterocycles. The monoisotopic (exact) mass is 304 g/mol. The number of anilines is 1. The van der Waals surface area contributed by atoms with Crippen LogP contribution >= 0.6 is 11.3 Å². The molecule has 0 bridgehead atoms. The molecule has 2 aromatic rings. The van der Waals surface area contributed by atoms with Crippen LogP contribution < -0.4 is 10.6 Å². The lowest BCUT2D eigenvalue weighted by molar-refractivity contribution is -0.116. The molecule has 0 aliphatic heterocycles. The van der Waals surface area contributed by atoms with Crippen molar-refractivity contribution < 1.29 is 4.79 Å². The first-order chi connectivity index (χ1) is 10.0. The van der Waals surface area contributed by atoms with Gasteiger partial charge in [0.1, 0.15) is 5.01 Å². The van der Waals surface area contributed by atoms with Gasteiger partial charge >= 0.3 is 0 Å². The van der Waals surface area contributed by atoms with Gasteiger partial charge in [-0.3, -0.25) is 4.79 Å². The maximum atomic E-state index is 11.7. The number of benzene rings is 1. The molecule has 0 spiro atoms. The van der Waals surface area contributed by atoms with Crippen molar-refractivity contribution in [2.24, 2.45) is 0 Å². The van der Waals surface area contributed by atoms with E-state index in [0.29, 0.717) is 18.1 Å². The molecular weight excluding hydrogens is 284 g/mol. The van der Waals surface area contributed by atoms with Gasteiger partial charge in [0.15, 0.2) is 0 Å². The molecule has 0 radical (unpaired) electrons. The second kappa shape index (κ2) is 6.78. The molecule has 0 saturated carbocycles. The molecule has 1 heterocycles. The number of nitrogens with zero attached hydrogens (tertiary/aromatic N) is 2. The van der Waals surface area contributed by atoms with E-state index in [4.69, 9.17) is 0 Å². The van der Waals surface area contributed by atoms with E-state index in [-0.39, 0.29) is 11.3 Å². The molecule has 0 aliphatic rings. The number of carbonyl (C=O) groups excluding carboxylic acids is 1. The smallest absolute Gasteiger partial charge is 0.227 e. The number of carbonyl (C=O) groups is 1. The van der Waals surface area contributed by atoms with Crippen LogP contribution in [0.3, 0.4) is 0 Å². The molecular formula is C15H20N4OS. The standard InChI is InChI=1S/C15H20N4OS/c1-15(2,11-7-5-4-6-8-11)13-18-19-14(21-13)17-12(20)9-10-16-3/h4-8,16H,9-10H2,1-3H3,(H,17,19,20). The number of rotatable bonds is 6. The first-order valence-corrected chi connectivity index (χ1v) is 7.69. The fourth-order valence-electron chi connectivity index (χ4n) is 1.92. The van der Waals surface area contributed by atoms with Gasteiger partial charge in [-0.05, 0) is 26.5 Å². The number of nitrogens with one attached hydrogen (secondary N) is 2. The van der Waals surface area contributed by atoms with Crippen molar-refractivity contribution >= 4 is 22.4 Å². The van der Waals surface area contributed by atoms with Crippen LogP contribution in [0.4, 0.5) is 5.13 Å². The molecule has 0 fully saturated rings. The summed E-state index contributed by atoms with van der Waals surface area (Å²) in [6.07, 6.45) is 0.424. The molecule has 0 unspecified atom stereocenters. The molecule has 0 atom stereocenters. The highest BCUT2D eigenvalue weighted by molar-refractivity contribution is 7.15. The lowest BCUT2D eigenvalue weighted by Gasteiger charge is -2.21. The molecule has 2 N–H and O–H groups in total. The van der Waals surface area contributed by atoms with E-state index in [9.17, 15) is 4.79 Å². The number of hydrogen-bond donors (Lipinski definition) is 2. The van der Waals surface area contributed by atoms with Gasteiger partial charge in [-0.15, -0.1) is 10.2 Å². The van der Waals surface area contributed by atoms with Crippen molar-refractivity contribution in [2.75, 3.05) is 18.9 Å². The summed E-state index contributed by atoms with van der Waals surface area (Å²) >= 11 is 1.42. The SMILES string of the molecule is CNCCC(=O)Nc1nnc(C(C)(C)c2ccccc2)s1. The molecule has 1 aromatic carbocycles. The summed E-state index contributed by atoms with van der Waals surface area (Å²) in [5, 5.41) is 15.5. The minimum absolute atomic E-state index is 0.0513. The zero-order valence-corrected chi connectivity index (χ0v) is 13.3. The largest absolute Gasteiger partial charge is 0.319 e. The lowest BCUT2D eigenvalue weighted by atomic mass is 9.85.